The number of ether oxygens (including phenoxy) is 2. The van der Waals surface area contributed by atoms with Gasteiger partial charge >= 0.3 is 6.03 Å². The molecule has 2 aromatic rings. The van der Waals surface area contributed by atoms with E-state index >= 15 is 0 Å². The van der Waals surface area contributed by atoms with Crippen LogP contribution in [-0.4, -0.2) is 81.6 Å². The fourth-order valence-electron chi connectivity index (χ4n) is 3.98. The lowest BCUT2D eigenvalue weighted by Gasteiger charge is -2.44. The van der Waals surface area contributed by atoms with E-state index in [4.69, 9.17) is 9.47 Å². The Kier molecular flexibility index (Phi) is 5.77. The summed E-state index contributed by atoms with van der Waals surface area (Å²) in [7, 11) is 4.90. The van der Waals surface area contributed by atoms with Crippen molar-refractivity contribution in [2.24, 2.45) is 0 Å². The number of methoxy groups -OCH3 is 1. The van der Waals surface area contributed by atoms with E-state index in [1.807, 2.05) is 9.58 Å². The van der Waals surface area contributed by atoms with Gasteiger partial charge in [-0.15, -0.1) is 5.10 Å². The Balaban J connectivity index is 1.44. The summed E-state index contributed by atoms with van der Waals surface area (Å²) in [5, 5.41) is 11.3. The van der Waals surface area contributed by atoms with Gasteiger partial charge in [-0.1, -0.05) is 5.21 Å². The Morgan fingerprint density at radius 1 is 1.32 bits per heavy atom. The highest BCUT2D eigenvalue weighted by Crippen LogP contribution is 2.33. The molecule has 2 aliphatic rings. The van der Waals surface area contributed by atoms with Gasteiger partial charge in [0.05, 0.1) is 44.6 Å². The van der Waals surface area contributed by atoms with Gasteiger partial charge in [0.25, 0.3) is 5.91 Å². The molecular formula is C20H27N7O4. The number of piperidine rings is 1. The predicted molar refractivity (Wildman–Crippen MR) is 109 cm³/mol. The molecule has 0 saturated carbocycles. The van der Waals surface area contributed by atoms with Crippen molar-refractivity contribution in [3.8, 4) is 5.88 Å². The first kappa shape index (κ1) is 21.0. The Labute approximate surface area is 180 Å². The number of carbonyl (C=O) groups excluding carboxylic acids is 2. The zero-order valence-corrected chi connectivity index (χ0v) is 18.0. The van der Waals surface area contributed by atoms with Gasteiger partial charge in [0.15, 0.2) is 0 Å². The number of carbonyl (C=O) groups is 2. The minimum absolute atomic E-state index is 0.0747. The van der Waals surface area contributed by atoms with Crippen molar-refractivity contribution in [2.75, 3.05) is 34.3 Å². The van der Waals surface area contributed by atoms with Crippen molar-refractivity contribution < 1.29 is 19.1 Å². The number of urea groups is 1. The van der Waals surface area contributed by atoms with Crippen LogP contribution in [0.2, 0.25) is 0 Å². The first-order valence-electron chi connectivity index (χ1n) is 10.2. The molecule has 0 radical (unpaired) electrons. The fourth-order valence-corrected chi connectivity index (χ4v) is 3.98. The van der Waals surface area contributed by atoms with Gasteiger partial charge < -0.3 is 24.6 Å². The van der Waals surface area contributed by atoms with Crippen molar-refractivity contribution in [2.45, 2.75) is 38.1 Å². The number of amides is 3. The van der Waals surface area contributed by atoms with E-state index in [-0.39, 0.29) is 18.5 Å². The number of hydrogen-bond acceptors (Lipinski definition) is 7. The zero-order valence-electron chi connectivity index (χ0n) is 18.0. The number of nitrogens with zero attached hydrogens (tertiary/aromatic N) is 6. The summed E-state index contributed by atoms with van der Waals surface area (Å²) in [5.74, 6) is 0.396. The SMILES string of the molecule is COc1ccc(C(=O)N2CCCC3(C2)Cn2nnc(CNC(=O)N(C)C)c2CO3)cn1. The first-order valence-corrected chi connectivity index (χ1v) is 10.2. The standard InChI is InChI=1S/C20H27N7O4/c1-25(2)19(29)22-10-15-16-11-31-20(13-27(16)24-23-15)7-4-8-26(12-20)18(28)14-5-6-17(30-3)21-9-14/h5-6,9H,4,7-8,10-13H2,1-3H3,(H,22,29). The smallest absolute Gasteiger partial charge is 0.317 e. The van der Waals surface area contributed by atoms with Crippen LogP contribution in [0, 0.1) is 0 Å². The number of fused-ring (bicyclic) bond motifs is 1. The average Bonchev–Trinajstić information content (AvgIpc) is 3.18. The molecule has 166 valence electrons. The Bertz CT molecular complexity index is 959. The topological polar surface area (TPSA) is 115 Å². The van der Waals surface area contributed by atoms with E-state index < -0.39 is 5.60 Å². The van der Waals surface area contributed by atoms with Gasteiger partial charge in [0, 0.05) is 32.9 Å². The van der Waals surface area contributed by atoms with Crippen LogP contribution in [0.25, 0.3) is 0 Å². The molecular weight excluding hydrogens is 402 g/mol. The summed E-state index contributed by atoms with van der Waals surface area (Å²) in [6.07, 6.45) is 3.21. The van der Waals surface area contributed by atoms with E-state index in [9.17, 15) is 9.59 Å². The van der Waals surface area contributed by atoms with Crippen molar-refractivity contribution in [1.82, 2.24) is 35.1 Å². The highest BCUT2D eigenvalue weighted by molar-refractivity contribution is 5.94. The maximum absolute atomic E-state index is 13.0. The number of likely N-dealkylation sites (tertiary alicyclic amines) is 1. The summed E-state index contributed by atoms with van der Waals surface area (Å²) in [6.45, 7) is 2.29. The van der Waals surface area contributed by atoms with E-state index in [0.29, 0.717) is 43.4 Å². The van der Waals surface area contributed by atoms with Gasteiger partial charge in [0.1, 0.15) is 11.3 Å². The van der Waals surface area contributed by atoms with Gasteiger partial charge in [-0.25, -0.2) is 14.5 Å². The van der Waals surface area contributed by atoms with Crippen molar-refractivity contribution in [3.05, 3.63) is 35.3 Å². The zero-order chi connectivity index (χ0) is 22.0. The molecule has 3 amide bonds. The molecule has 1 saturated heterocycles. The maximum Gasteiger partial charge on any atom is 0.317 e. The molecule has 31 heavy (non-hydrogen) atoms. The lowest BCUT2D eigenvalue weighted by Crippen LogP contribution is -2.55. The summed E-state index contributed by atoms with van der Waals surface area (Å²) in [4.78, 5) is 32.2. The third kappa shape index (κ3) is 4.31. The minimum atomic E-state index is -0.501. The lowest BCUT2D eigenvalue weighted by atomic mass is 9.91. The van der Waals surface area contributed by atoms with E-state index in [1.165, 1.54) is 11.1 Å². The molecule has 2 aromatic heterocycles. The minimum Gasteiger partial charge on any atom is -0.481 e. The van der Waals surface area contributed by atoms with Crippen molar-refractivity contribution in [1.29, 1.82) is 0 Å². The number of nitrogens with one attached hydrogen (secondary N) is 1. The average molecular weight is 429 g/mol. The van der Waals surface area contributed by atoms with Crippen LogP contribution in [0.4, 0.5) is 4.79 Å². The molecule has 0 aliphatic carbocycles. The lowest BCUT2D eigenvalue weighted by molar-refractivity contribution is -0.122. The normalized spacial score (nSPS) is 20.3. The second-order valence-electron chi connectivity index (χ2n) is 8.08. The van der Waals surface area contributed by atoms with Crippen LogP contribution in [-0.2, 0) is 24.4 Å². The number of pyridine rings is 1. The van der Waals surface area contributed by atoms with Crippen LogP contribution >= 0.6 is 0 Å². The molecule has 11 heteroatoms. The van der Waals surface area contributed by atoms with Crippen LogP contribution in [0.1, 0.15) is 34.6 Å². The molecule has 11 nitrogen and oxygen atoms in total. The van der Waals surface area contributed by atoms with Crippen molar-refractivity contribution in [3.63, 3.8) is 0 Å². The summed E-state index contributed by atoms with van der Waals surface area (Å²) in [6, 6.07) is 3.22. The Morgan fingerprint density at radius 3 is 2.87 bits per heavy atom. The number of hydrogen-bond donors (Lipinski definition) is 1. The first-order chi connectivity index (χ1) is 14.9. The molecule has 1 fully saturated rings. The number of rotatable bonds is 4. The van der Waals surface area contributed by atoms with Crippen molar-refractivity contribution >= 4 is 11.9 Å². The monoisotopic (exact) mass is 429 g/mol. The third-order valence-corrected chi connectivity index (χ3v) is 5.70. The summed E-state index contributed by atoms with van der Waals surface area (Å²) in [5.41, 5.74) is 1.57. The van der Waals surface area contributed by atoms with Crippen LogP contribution in [0.15, 0.2) is 18.3 Å². The molecule has 2 aliphatic heterocycles. The quantitative estimate of drug-likeness (QED) is 0.759. The summed E-state index contributed by atoms with van der Waals surface area (Å²) < 4.78 is 13.2. The van der Waals surface area contributed by atoms with E-state index in [1.54, 1.807) is 33.3 Å². The highest BCUT2D eigenvalue weighted by atomic mass is 16.5. The third-order valence-electron chi connectivity index (χ3n) is 5.70. The molecule has 1 spiro atoms. The second kappa shape index (κ2) is 8.50. The van der Waals surface area contributed by atoms with Crippen LogP contribution < -0.4 is 10.1 Å². The van der Waals surface area contributed by atoms with E-state index in [2.05, 4.69) is 20.6 Å². The summed E-state index contributed by atoms with van der Waals surface area (Å²) >= 11 is 0. The van der Waals surface area contributed by atoms with Crippen LogP contribution in [0.5, 0.6) is 5.88 Å². The maximum atomic E-state index is 13.0. The van der Waals surface area contributed by atoms with E-state index in [0.717, 1.165) is 18.5 Å². The Morgan fingerprint density at radius 2 is 2.16 bits per heavy atom. The van der Waals surface area contributed by atoms with Gasteiger partial charge in [-0.05, 0) is 18.9 Å². The second-order valence-corrected chi connectivity index (χ2v) is 8.08. The number of aromatic nitrogens is 4. The van der Waals surface area contributed by atoms with Gasteiger partial charge in [-0.2, -0.15) is 0 Å². The Hall–Kier alpha value is -3.21. The van der Waals surface area contributed by atoms with Gasteiger partial charge in [0.2, 0.25) is 5.88 Å². The fraction of sp³-hybridized carbons (Fsp3) is 0.550. The molecule has 4 rings (SSSR count). The molecule has 1 N–H and O–H groups in total. The molecule has 0 bridgehead atoms. The van der Waals surface area contributed by atoms with Crippen LogP contribution in [0.3, 0.4) is 0 Å². The highest BCUT2D eigenvalue weighted by Gasteiger charge is 2.42. The molecule has 1 unspecified atom stereocenters. The van der Waals surface area contributed by atoms with Gasteiger partial charge in [-0.3, -0.25) is 4.79 Å². The molecule has 1 atom stereocenters. The predicted octanol–water partition coefficient (Wildman–Crippen LogP) is 0.658. The molecule has 4 heterocycles. The largest absolute Gasteiger partial charge is 0.481 e. The molecule has 0 aromatic carbocycles.